The van der Waals surface area contributed by atoms with E-state index in [-0.39, 0.29) is 11.8 Å². The Labute approximate surface area is 120 Å². The predicted octanol–water partition coefficient (Wildman–Crippen LogP) is 1.66. The quantitative estimate of drug-likeness (QED) is 0.862. The predicted molar refractivity (Wildman–Crippen MR) is 79.4 cm³/mol. The molecule has 2 aromatic rings. The summed E-state index contributed by atoms with van der Waals surface area (Å²) in [4.78, 5) is 29.7. The first-order chi connectivity index (χ1) is 10.1. The van der Waals surface area contributed by atoms with Gasteiger partial charge in [0, 0.05) is 31.2 Å². The van der Waals surface area contributed by atoms with Crippen LogP contribution in [0.1, 0.15) is 11.4 Å². The van der Waals surface area contributed by atoms with Crippen LogP contribution in [0.25, 0.3) is 16.7 Å². The average molecular weight is 279 g/mol. The molecule has 0 spiro atoms. The lowest BCUT2D eigenvalue weighted by Crippen LogP contribution is -2.37. The second-order valence-corrected chi connectivity index (χ2v) is 5.25. The van der Waals surface area contributed by atoms with Gasteiger partial charge in [-0.15, -0.1) is 0 Å². The van der Waals surface area contributed by atoms with Gasteiger partial charge in [-0.2, -0.15) is 0 Å². The SMILES string of the molecule is Cc1nc2ncc(C3=CN(C)C(=O)C4=NC=CC34)cc2[nH]1. The van der Waals surface area contributed by atoms with Crippen LogP contribution in [0.5, 0.6) is 0 Å². The molecule has 4 heterocycles. The Bertz CT molecular complexity index is 858. The van der Waals surface area contributed by atoms with Crippen LogP contribution in [0.15, 0.2) is 35.7 Å². The second-order valence-electron chi connectivity index (χ2n) is 5.25. The summed E-state index contributed by atoms with van der Waals surface area (Å²) in [6.45, 7) is 1.90. The van der Waals surface area contributed by atoms with E-state index in [4.69, 9.17) is 0 Å². The summed E-state index contributed by atoms with van der Waals surface area (Å²) in [6, 6.07) is 2.02. The van der Waals surface area contributed by atoms with Crippen molar-refractivity contribution in [3.63, 3.8) is 0 Å². The van der Waals surface area contributed by atoms with Gasteiger partial charge in [-0.1, -0.05) is 6.08 Å². The Kier molecular flexibility index (Phi) is 2.35. The molecule has 1 atom stereocenters. The number of aryl methyl sites for hydroxylation is 1. The molecule has 2 aromatic heterocycles. The van der Waals surface area contributed by atoms with Crippen LogP contribution in [-0.4, -0.2) is 38.5 Å². The fraction of sp³-hybridized carbons (Fsp3) is 0.200. The summed E-state index contributed by atoms with van der Waals surface area (Å²) < 4.78 is 0. The van der Waals surface area contributed by atoms with Crippen LogP contribution in [0, 0.1) is 12.8 Å². The van der Waals surface area contributed by atoms with E-state index in [1.165, 1.54) is 0 Å². The van der Waals surface area contributed by atoms with E-state index in [0.29, 0.717) is 11.4 Å². The number of amides is 1. The van der Waals surface area contributed by atoms with Gasteiger partial charge in [-0.25, -0.2) is 9.97 Å². The zero-order chi connectivity index (χ0) is 14.6. The molecule has 0 radical (unpaired) electrons. The smallest absolute Gasteiger partial charge is 0.272 e. The highest BCUT2D eigenvalue weighted by molar-refractivity contribution is 6.44. The molecule has 0 saturated heterocycles. The number of H-pyrrole nitrogens is 1. The summed E-state index contributed by atoms with van der Waals surface area (Å²) in [5.41, 5.74) is 4.15. The zero-order valence-corrected chi connectivity index (χ0v) is 11.7. The molecule has 0 fully saturated rings. The van der Waals surface area contributed by atoms with Gasteiger partial charge in [0.1, 0.15) is 11.5 Å². The minimum absolute atomic E-state index is 0.0554. The minimum atomic E-state index is -0.0861. The molecule has 0 bridgehead atoms. The van der Waals surface area contributed by atoms with Crippen molar-refractivity contribution in [3.05, 3.63) is 42.1 Å². The van der Waals surface area contributed by atoms with Crippen LogP contribution in [0.4, 0.5) is 0 Å². The Morgan fingerprint density at radius 1 is 1.38 bits per heavy atom. The summed E-state index contributed by atoms with van der Waals surface area (Å²) in [5.74, 6) is 0.694. The molecule has 104 valence electrons. The molecule has 0 aromatic carbocycles. The van der Waals surface area contributed by atoms with E-state index >= 15 is 0 Å². The van der Waals surface area contributed by atoms with Crippen molar-refractivity contribution in [1.82, 2.24) is 19.9 Å². The average Bonchev–Trinajstić information content (AvgIpc) is 3.07. The maximum Gasteiger partial charge on any atom is 0.272 e. The van der Waals surface area contributed by atoms with Crippen LogP contribution in [0.2, 0.25) is 0 Å². The topological polar surface area (TPSA) is 74.2 Å². The van der Waals surface area contributed by atoms with Crippen molar-refractivity contribution in [1.29, 1.82) is 0 Å². The number of hydrogen-bond donors (Lipinski definition) is 1. The number of hydrogen-bond acceptors (Lipinski definition) is 4. The van der Waals surface area contributed by atoms with Crippen LogP contribution < -0.4 is 0 Å². The Morgan fingerprint density at radius 3 is 3.10 bits per heavy atom. The van der Waals surface area contributed by atoms with Gasteiger partial charge in [-0.05, 0) is 18.6 Å². The molecule has 1 unspecified atom stereocenters. The number of imidazole rings is 1. The van der Waals surface area contributed by atoms with Crippen molar-refractivity contribution < 1.29 is 4.79 Å². The number of aliphatic imine (C=N–C) groups is 1. The maximum absolute atomic E-state index is 12.1. The van der Waals surface area contributed by atoms with Gasteiger partial charge in [0.2, 0.25) is 0 Å². The standard InChI is InChI=1S/C15H13N5O/c1-8-18-12-5-9(6-17-14(12)19-8)11-7-20(2)15(21)13-10(11)3-4-16-13/h3-7,10H,1-2H3,(H,17,18,19). The number of aromatic nitrogens is 3. The Hall–Kier alpha value is -2.76. The molecule has 1 amide bonds. The molecular weight excluding hydrogens is 266 g/mol. The molecule has 0 saturated carbocycles. The number of pyridine rings is 1. The maximum atomic E-state index is 12.1. The fourth-order valence-electron chi connectivity index (χ4n) is 2.78. The monoisotopic (exact) mass is 279 g/mol. The largest absolute Gasteiger partial charge is 0.341 e. The third kappa shape index (κ3) is 1.72. The van der Waals surface area contributed by atoms with Crippen molar-refractivity contribution >= 4 is 28.4 Å². The first-order valence-electron chi connectivity index (χ1n) is 6.69. The second kappa shape index (κ2) is 4.12. The van der Waals surface area contributed by atoms with Gasteiger partial charge in [0.05, 0.1) is 11.4 Å². The summed E-state index contributed by atoms with van der Waals surface area (Å²) >= 11 is 0. The van der Waals surface area contributed by atoms with E-state index in [9.17, 15) is 4.79 Å². The number of carbonyl (C=O) groups excluding carboxylic acids is 1. The lowest BCUT2D eigenvalue weighted by Gasteiger charge is -2.26. The third-order valence-corrected chi connectivity index (χ3v) is 3.78. The van der Waals surface area contributed by atoms with E-state index in [1.54, 1.807) is 24.3 Å². The minimum Gasteiger partial charge on any atom is -0.341 e. The molecule has 6 heteroatoms. The number of aromatic amines is 1. The van der Waals surface area contributed by atoms with Gasteiger partial charge in [0.15, 0.2) is 5.65 Å². The lowest BCUT2D eigenvalue weighted by molar-refractivity contribution is -0.121. The van der Waals surface area contributed by atoms with Gasteiger partial charge >= 0.3 is 0 Å². The Balaban J connectivity index is 1.86. The summed E-state index contributed by atoms with van der Waals surface area (Å²) in [7, 11) is 1.74. The van der Waals surface area contributed by atoms with E-state index in [0.717, 1.165) is 22.5 Å². The van der Waals surface area contributed by atoms with Crippen LogP contribution in [-0.2, 0) is 4.79 Å². The lowest BCUT2D eigenvalue weighted by atomic mass is 9.88. The normalized spacial score (nSPS) is 20.8. The van der Waals surface area contributed by atoms with E-state index < -0.39 is 0 Å². The highest BCUT2D eigenvalue weighted by Crippen LogP contribution is 2.33. The highest BCUT2D eigenvalue weighted by Gasteiger charge is 2.34. The van der Waals surface area contributed by atoms with Crippen molar-refractivity contribution in [2.75, 3.05) is 7.05 Å². The molecule has 2 aliphatic rings. The molecule has 21 heavy (non-hydrogen) atoms. The summed E-state index contributed by atoms with van der Waals surface area (Å²) in [6.07, 6.45) is 7.28. The number of nitrogens with zero attached hydrogens (tertiary/aromatic N) is 4. The van der Waals surface area contributed by atoms with E-state index in [1.807, 2.05) is 25.3 Å². The Morgan fingerprint density at radius 2 is 2.24 bits per heavy atom. The van der Waals surface area contributed by atoms with Gasteiger partial charge in [-0.3, -0.25) is 9.79 Å². The van der Waals surface area contributed by atoms with Gasteiger partial charge in [0.25, 0.3) is 5.91 Å². The zero-order valence-electron chi connectivity index (χ0n) is 11.7. The van der Waals surface area contributed by atoms with Gasteiger partial charge < -0.3 is 9.88 Å². The summed E-state index contributed by atoms with van der Waals surface area (Å²) in [5, 5.41) is 0. The molecule has 1 N–H and O–H groups in total. The first-order valence-corrected chi connectivity index (χ1v) is 6.69. The number of carbonyl (C=O) groups is 1. The third-order valence-electron chi connectivity index (χ3n) is 3.78. The van der Waals surface area contributed by atoms with Crippen LogP contribution >= 0.6 is 0 Å². The highest BCUT2D eigenvalue weighted by atomic mass is 16.2. The molecule has 4 rings (SSSR count). The molecular formula is C15H13N5O. The number of fused-ring (bicyclic) bond motifs is 2. The number of rotatable bonds is 1. The van der Waals surface area contributed by atoms with E-state index in [2.05, 4.69) is 19.9 Å². The van der Waals surface area contributed by atoms with Crippen molar-refractivity contribution in [2.45, 2.75) is 6.92 Å². The number of nitrogens with one attached hydrogen (secondary N) is 1. The van der Waals surface area contributed by atoms with Crippen molar-refractivity contribution in [3.8, 4) is 0 Å². The van der Waals surface area contributed by atoms with Crippen molar-refractivity contribution in [2.24, 2.45) is 10.9 Å². The van der Waals surface area contributed by atoms with Crippen LogP contribution in [0.3, 0.4) is 0 Å². The molecule has 0 aliphatic carbocycles. The number of allylic oxidation sites excluding steroid dienone is 2. The fourth-order valence-corrected chi connectivity index (χ4v) is 2.78. The molecule has 6 nitrogen and oxygen atoms in total. The first kappa shape index (κ1) is 12.0. The molecule has 2 aliphatic heterocycles.